The van der Waals surface area contributed by atoms with E-state index in [-0.39, 0.29) is 0 Å². The number of halogens is 3. The summed E-state index contributed by atoms with van der Waals surface area (Å²) in [6.45, 7) is 1.26. The fourth-order valence-electron chi connectivity index (χ4n) is 2.41. The molecule has 120 valence electrons. The topological polar surface area (TPSA) is 40.7 Å². The Kier molecular flexibility index (Phi) is 4.34. The molecular formula is C17H16F3N3. The molecule has 6 heteroatoms. The average Bonchev–Trinajstić information content (AvgIpc) is 2.93. The van der Waals surface area contributed by atoms with Crippen LogP contribution in [0.4, 0.5) is 13.2 Å². The van der Waals surface area contributed by atoms with Crippen molar-refractivity contribution in [1.82, 2.24) is 15.3 Å². The Labute approximate surface area is 131 Å². The largest absolute Gasteiger partial charge is 0.416 e. The van der Waals surface area contributed by atoms with Crippen molar-refractivity contribution in [2.75, 3.05) is 6.54 Å². The maximum atomic E-state index is 12.7. The quantitative estimate of drug-likeness (QED) is 0.700. The van der Waals surface area contributed by atoms with E-state index in [1.807, 2.05) is 18.2 Å². The van der Waals surface area contributed by atoms with Crippen LogP contribution in [0.3, 0.4) is 0 Å². The fraction of sp³-hybridized carbons (Fsp3) is 0.235. The van der Waals surface area contributed by atoms with Gasteiger partial charge in [0, 0.05) is 0 Å². The highest BCUT2D eigenvalue weighted by Crippen LogP contribution is 2.30. The molecule has 0 saturated carbocycles. The summed E-state index contributed by atoms with van der Waals surface area (Å²) in [5, 5.41) is 3.24. The van der Waals surface area contributed by atoms with E-state index in [1.54, 1.807) is 0 Å². The van der Waals surface area contributed by atoms with Crippen molar-refractivity contribution in [1.29, 1.82) is 0 Å². The van der Waals surface area contributed by atoms with E-state index in [4.69, 9.17) is 0 Å². The highest BCUT2D eigenvalue weighted by molar-refractivity contribution is 5.76. The van der Waals surface area contributed by atoms with Crippen LogP contribution >= 0.6 is 0 Å². The minimum absolute atomic E-state index is 0.402. The van der Waals surface area contributed by atoms with Crippen molar-refractivity contribution in [2.45, 2.75) is 19.1 Å². The Morgan fingerprint density at radius 2 is 1.83 bits per heavy atom. The summed E-state index contributed by atoms with van der Waals surface area (Å²) in [6, 6.07) is 13.6. The lowest BCUT2D eigenvalue weighted by atomic mass is 10.1. The van der Waals surface area contributed by atoms with E-state index in [2.05, 4.69) is 27.4 Å². The zero-order chi connectivity index (χ0) is 16.3. The number of H-pyrrole nitrogens is 1. The maximum Gasteiger partial charge on any atom is 0.416 e. The van der Waals surface area contributed by atoms with Crippen LogP contribution in [0.2, 0.25) is 0 Å². The molecule has 0 aliphatic carbocycles. The molecule has 0 aliphatic heterocycles. The Balaban J connectivity index is 1.60. The summed E-state index contributed by atoms with van der Waals surface area (Å²) in [5.74, 6) is 0.632. The second-order valence-corrected chi connectivity index (χ2v) is 5.33. The van der Waals surface area contributed by atoms with Crippen LogP contribution in [0.15, 0.2) is 48.5 Å². The Bertz CT molecular complexity index is 779. The normalized spacial score (nSPS) is 12.0. The number of rotatable bonds is 5. The molecule has 1 heterocycles. The van der Waals surface area contributed by atoms with Gasteiger partial charge in [0.05, 0.1) is 23.1 Å². The molecule has 0 amide bonds. The van der Waals surface area contributed by atoms with Gasteiger partial charge in [-0.25, -0.2) is 4.98 Å². The lowest BCUT2D eigenvalue weighted by Gasteiger charge is -2.05. The van der Waals surface area contributed by atoms with Crippen LogP contribution in [0, 0.1) is 0 Å². The van der Waals surface area contributed by atoms with E-state index in [0.717, 1.165) is 25.1 Å². The summed E-state index contributed by atoms with van der Waals surface area (Å²) in [4.78, 5) is 7.23. The third kappa shape index (κ3) is 3.90. The number of alkyl halides is 3. The highest BCUT2D eigenvalue weighted by atomic mass is 19.4. The van der Waals surface area contributed by atoms with Crippen LogP contribution in [0.25, 0.3) is 11.0 Å². The van der Waals surface area contributed by atoms with E-state index in [1.165, 1.54) is 11.6 Å². The molecule has 0 saturated heterocycles. The first kappa shape index (κ1) is 15.6. The molecule has 0 spiro atoms. The highest BCUT2D eigenvalue weighted by Gasteiger charge is 2.30. The standard InChI is InChI=1S/C17H16F3N3/c18-17(19,20)13-6-7-14-15(10-13)23-16(22-14)11-21-9-8-12-4-2-1-3-5-12/h1-7,10,21H,8-9,11H2,(H,22,23). The summed E-state index contributed by atoms with van der Waals surface area (Å²) < 4.78 is 38.1. The van der Waals surface area contributed by atoms with Crippen LogP contribution in [-0.4, -0.2) is 16.5 Å². The fourth-order valence-corrected chi connectivity index (χ4v) is 2.41. The first-order valence-electron chi connectivity index (χ1n) is 7.33. The lowest BCUT2D eigenvalue weighted by molar-refractivity contribution is -0.137. The smallest absolute Gasteiger partial charge is 0.341 e. The number of benzene rings is 2. The number of nitrogens with zero attached hydrogens (tertiary/aromatic N) is 1. The zero-order valence-electron chi connectivity index (χ0n) is 12.3. The van der Waals surface area contributed by atoms with Gasteiger partial charge in [-0.05, 0) is 36.7 Å². The molecule has 2 aromatic carbocycles. The summed E-state index contributed by atoms with van der Waals surface area (Å²) >= 11 is 0. The van der Waals surface area contributed by atoms with Gasteiger partial charge in [0.15, 0.2) is 0 Å². The van der Waals surface area contributed by atoms with Gasteiger partial charge in [0.25, 0.3) is 0 Å². The van der Waals surface area contributed by atoms with Gasteiger partial charge in [-0.15, -0.1) is 0 Å². The zero-order valence-corrected chi connectivity index (χ0v) is 12.3. The monoisotopic (exact) mass is 319 g/mol. The molecule has 0 fully saturated rings. The predicted molar refractivity (Wildman–Crippen MR) is 82.9 cm³/mol. The van der Waals surface area contributed by atoms with Gasteiger partial charge in [0.1, 0.15) is 5.82 Å². The molecule has 0 unspecified atom stereocenters. The third-order valence-corrected chi connectivity index (χ3v) is 3.58. The van der Waals surface area contributed by atoms with Gasteiger partial charge >= 0.3 is 6.18 Å². The van der Waals surface area contributed by atoms with Gasteiger partial charge in [-0.3, -0.25) is 0 Å². The molecule has 3 rings (SSSR count). The molecule has 3 aromatic rings. The second-order valence-electron chi connectivity index (χ2n) is 5.33. The number of hydrogen-bond donors (Lipinski definition) is 2. The SMILES string of the molecule is FC(F)(F)c1ccc2nc(CNCCc3ccccc3)[nH]c2c1. The van der Waals surface area contributed by atoms with Gasteiger partial charge < -0.3 is 10.3 Å². The number of hydrogen-bond acceptors (Lipinski definition) is 2. The number of nitrogens with one attached hydrogen (secondary N) is 2. The minimum atomic E-state index is -4.34. The van der Waals surface area contributed by atoms with Crippen molar-refractivity contribution < 1.29 is 13.2 Å². The van der Waals surface area contributed by atoms with E-state index in [0.29, 0.717) is 23.4 Å². The average molecular weight is 319 g/mol. The summed E-state index contributed by atoms with van der Waals surface area (Å²) in [5.41, 5.74) is 1.51. The molecule has 2 N–H and O–H groups in total. The van der Waals surface area contributed by atoms with Crippen LogP contribution in [0.1, 0.15) is 17.0 Å². The summed E-state index contributed by atoms with van der Waals surface area (Å²) in [7, 11) is 0. The first-order chi connectivity index (χ1) is 11.0. The van der Waals surface area contributed by atoms with Gasteiger partial charge in [-0.2, -0.15) is 13.2 Å². The molecule has 0 atom stereocenters. The number of aromatic amines is 1. The van der Waals surface area contributed by atoms with Crippen LogP contribution in [-0.2, 0) is 19.1 Å². The van der Waals surface area contributed by atoms with Crippen molar-refractivity contribution in [2.24, 2.45) is 0 Å². The summed E-state index contributed by atoms with van der Waals surface area (Å²) in [6.07, 6.45) is -3.45. The molecule has 1 aromatic heterocycles. The second kappa shape index (κ2) is 6.42. The molecule has 23 heavy (non-hydrogen) atoms. The number of imidazole rings is 1. The van der Waals surface area contributed by atoms with Crippen molar-refractivity contribution in [3.05, 3.63) is 65.5 Å². The predicted octanol–water partition coefficient (Wildman–Crippen LogP) is 3.91. The Morgan fingerprint density at radius 3 is 2.57 bits per heavy atom. The van der Waals surface area contributed by atoms with Crippen molar-refractivity contribution in [3.8, 4) is 0 Å². The van der Waals surface area contributed by atoms with Crippen LogP contribution < -0.4 is 5.32 Å². The van der Waals surface area contributed by atoms with Crippen LogP contribution in [0.5, 0.6) is 0 Å². The van der Waals surface area contributed by atoms with Gasteiger partial charge in [-0.1, -0.05) is 30.3 Å². The number of aromatic nitrogens is 2. The van der Waals surface area contributed by atoms with E-state index in [9.17, 15) is 13.2 Å². The lowest BCUT2D eigenvalue weighted by Crippen LogP contribution is -2.17. The molecule has 3 nitrogen and oxygen atoms in total. The molecular weight excluding hydrogens is 303 g/mol. The Morgan fingerprint density at radius 1 is 1.04 bits per heavy atom. The third-order valence-electron chi connectivity index (χ3n) is 3.58. The molecule has 0 bridgehead atoms. The first-order valence-corrected chi connectivity index (χ1v) is 7.33. The van der Waals surface area contributed by atoms with Crippen molar-refractivity contribution in [3.63, 3.8) is 0 Å². The van der Waals surface area contributed by atoms with E-state index < -0.39 is 11.7 Å². The van der Waals surface area contributed by atoms with Gasteiger partial charge in [0.2, 0.25) is 0 Å². The minimum Gasteiger partial charge on any atom is -0.341 e. The van der Waals surface area contributed by atoms with E-state index >= 15 is 0 Å². The van der Waals surface area contributed by atoms with Crippen molar-refractivity contribution >= 4 is 11.0 Å². The Hall–Kier alpha value is -2.34. The molecule has 0 aliphatic rings. The number of fused-ring (bicyclic) bond motifs is 1. The maximum absolute atomic E-state index is 12.7. The molecule has 0 radical (unpaired) electrons.